The molecule has 1 saturated heterocycles. The Hall–Kier alpha value is -2.73. The number of piperazine rings is 1. The first-order valence-corrected chi connectivity index (χ1v) is 9.85. The fraction of sp³-hybridized carbons (Fsp3) is 0.409. The number of fused-ring (bicyclic) bond motifs is 1. The first-order chi connectivity index (χ1) is 13.6. The fourth-order valence-corrected chi connectivity index (χ4v) is 4.32. The van der Waals surface area contributed by atoms with Crippen LogP contribution in [-0.2, 0) is 29.0 Å². The van der Waals surface area contributed by atoms with Crippen molar-refractivity contribution in [2.45, 2.75) is 37.9 Å². The van der Waals surface area contributed by atoms with Gasteiger partial charge in [-0.05, 0) is 35.6 Å². The number of aromatic nitrogens is 1. The lowest BCUT2D eigenvalue weighted by Crippen LogP contribution is -2.59. The highest BCUT2D eigenvalue weighted by atomic mass is 16.2. The van der Waals surface area contributed by atoms with Crippen LogP contribution in [-0.4, -0.2) is 58.8 Å². The Balaban J connectivity index is 1.43. The Morgan fingerprint density at radius 1 is 1.21 bits per heavy atom. The number of hydrogen-bond donors (Lipinski definition) is 1. The fourth-order valence-electron chi connectivity index (χ4n) is 4.32. The summed E-state index contributed by atoms with van der Waals surface area (Å²) in [6.45, 7) is 1.92. The van der Waals surface area contributed by atoms with Crippen LogP contribution in [0, 0.1) is 0 Å². The van der Waals surface area contributed by atoms with Crippen LogP contribution in [0.3, 0.4) is 0 Å². The van der Waals surface area contributed by atoms with Gasteiger partial charge in [0.1, 0.15) is 0 Å². The maximum absolute atomic E-state index is 12.8. The highest BCUT2D eigenvalue weighted by Crippen LogP contribution is 2.28. The van der Waals surface area contributed by atoms with E-state index >= 15 is 0 Å². The molecule has 0 radical (unpaired) electrons. The second kappa shape index (κ2) is 8.10. The van der Waals surface area contributed by atoms with E-state index in [0.717, 1.165) is 24.9 Å². The van der Waals surface area contributed by atoms with Crippen molar-refractivity contribution in [3.05, 3.63) is 65.5 Å². The zero-order valence-electron chi connectivity index (χ0n) is 16.2. The van der Waals surface area contributed by atoms with Gasteiger partial charge in [0.05, 0.1) is 12.5 Å². The molecule has 1 atom stereocenters. The molecule has 0 bridgehead atoms. The van der Waals surface area contributed by atoms with E-state index in [-0.39, 0.29) is 24.3 Å². The molecule has 6 heteroatoms. The van der Waals surface area contributed by atoms with Crippen molar-refractivity contribution in [2.75, 3.05) is 20.1 Å². The minimum Gasteiger partial charge on any atom is -0.353 e. The zero-order chi connectivity index (χ0) is 19.5. The van der Waals surface area contributed by atoms with Gasteiger partial charge in [-0.15, -0.1) is 0 Å². The molecule has 6 nitrogen and oxygen atoms in total. The van der Waals surface area contributed by atoms with E-state index in [9.17, 15) is 9.59 Å². The molecule has 2 amide bonds. The van der Waals surface area contributed by atoms with E-state index in [4.69, 9.17) is 0 Å². The summed E-state index contributed by atoms with van der Waals surface area (Å²) in [7, 11) is 1.78. The standard InChI is InChI=1S/C22H26N4O2/c1-25(15-16-5-4-8-23-14-16)21(27)13-20-22(28)24-9-10-26(20)19-11-17-6-2-3-7-18(17)12-19/h2-8,14,19-20H,9-13,15H2,1H3,(H,24,28)/t20-/m1/s1. The highest BCUT2D eigenvalue weighted by Gasteiger charge is 2.38. The summed E-state index contributed by atoms with van der Waals surface area (Å²) in [6.07, 6.45) is 5.57. The largest absolute Gasteiger partial charge is 0.353 e. The summed E-state index contributed by atoms with van der Waals surface area (Å²) >= 11 is 0. The number of hydrogen-bond acceptors (Lipinski definition) is 4. The van der Waals surface area contributed by atoms with Gasteiger partial charge in [-0.25, -0.2) is 0 Å². The Kier molecular flexibility index (Phi) is 5.39. The summed E-state index contributed by atoms with van der Waals surface area (Å²) in [6, 6.07) is 12.2. The first kappa shape index (κ1) is 18.6. The predicted molar refractivity (Wildman–Crippen MR) is 106 cm³/mol. The summed E-state index contributed by atoms with van der Waals surface area (Å²) in [5.41, 5.74) is 3.70. The van der Waals surface area contributed by atoms with Crippen molar-refractivity contribution in [3.63, 3.8) is 0 Å². The lowest BCUT2D eigenvalue weighted by atomic mass is 10.0. The third-order valence-corrected chi connectivity index (χ3v) is 5.81. The Bertz CT molecular complexity index is 830. The van der Waals surface area contributed by atoms with E-state index in [1.54, 1.807) is 24.3 Å². The molecule has 1 aliphatic heterocycles. The highest BCUT2D eigenvalue weighted by molar-refractivity contribution is 5.88. The number of carbonyl (C=O) groups excluding carboxylic acids is 2. The van der Waals surface area contributed by atoms with Gasteiger partial charge in [-0.1, -0.05) is 30.3 Å². The van der Waals surface area contributed by atoms with Crippen LogP contribution in [0.15, 0.2) is 48.8 Å². The van der Waals surface area contributed by atoms with E-state index < -0.39 is 6.04 Å². The van der Waals surface area contributed by atoms with Crippen molar-refractivity contribution in [1.29, 1.82) is 0 Å². The average Bonchev–Trinajstić information content (AvgIpc) is 3.14. The Labute approximate surface area is 165 Å². The van der Waals surface area contributed by atoms with E-state index in [0.29, 0.717) is 13.1 Å². The number of amides is 2. The molecule has 0 spiro atoms. The van der Waals surface area contributed by atoms with Gasteiger partial charge in [0.15, 0.2) is 0 Å². The molecule has 0 unspecified atom stereocenters. The van der Waals surface area contributed by atoms with Crippen molar-refractivity contribution in [1.82, 2.24) is 20.1 Å². The van der Waals surface area contributed by atoms with E-state index in [1.807, 2.05) is 12.1 Å². The summed E-state index contributed by atoms with van der Waals surface area (Å²) < 4.78 is 0. The number of nitrogens with zero attached hydrogens (tertiary/aromatic N) is 3. The minimum absolute atomic E-state index is 0.0218. The van der Waals surface area contributed by atoms with Crippen LogP contribution in [0.4, 0.5) is 0 Å². The van der Waals surface area contributed by atoms with Gasteiger partial charge in [-0.3, -0.25) is 19.5 Å². The predicted octanol–water partition coefficient (Wildman–Crippen LogP) is 1.40. The zero-order valence-corrected chi connectivity index (χ0v) is 16.2. The SMILES string of the molecule is CN(Cc1cccnc1)C(=O)C[C@@H]1C(=O)NCCN1C1Cc2ccccc2C1. The third kappa shape index (κ3) is 3.92. The average molecular weight is 378 g/mol. The number of pyridine rings is 1. The monoisotopic (exact) mass is 378 g/mol. The number of nitrogens with one attached hydrogen (secondary N) is 1. The smallest absolute Gasteiger partial charge is 0.237 e. The van der Waals surface area contributed by atoms with E-state index in [1.165, 1.54) is 11.1 Å². The summed E-state index contributed by atoms with van der Waals surface area (Å²) in [5, 5.41) is 2.94. The molecule has 2 heterocycles. The van der Waals surface area contributed by atoms with Crippen molar-refractivity contribution in [3.8, 4) is 0 Å². The summed E-state index contributed by atoms with van der Waals surface area (Å²) in [4.78, 5) is 33.5. The minimum atomic E-state index is -0.406. The van der Waals surface area contributed by atoms with Crippen LogP contribution >= 0.6 is 0 Å². The lowest BCUT2D eigenvalue weighted by Gasteiger charge is -2.39. The van der Waals surface area contributed by atoms with Gasteiger partial charge >= 0.3 is 0 Å². The van der Waals surface area contributed by atoms with Gasteiger partial charge in [0, 0.05) is 45.1 Å². The van der Waals surface area contributed by atoms with Crippen LogP contribution in [0.5, 0.6) is 0 Å². The summed E-state index contributed by atoms with van der Waals surface area (Å²) in [5.74, 6) is -0.0586. The van der Waals surface area contributed by atoms with Crippen LogP contribution in [0.1, 0.15) is 23.1 Å². The number of carbonyl (C=O) groups is 2. The molecule has 2 aliphatic rings. The number of rotatable bonds is 5. The van der Waals surface area contributed by atoms with Crippen LogP contribution < -0.4 is 5.32 Å². The number of benzene rings is 1. The van der Waals surface area contributed by atoms with Crippen LogP contribution in [0.25, 0.3) is 0 Å². The molecule has 0 saturated carbocycles. The van der Waals surface area contributed by atoms with Gasteiger partial charge < -0.3 is 10.2 Å². The van der Waals surface area contributed by atoms with Gasteiger partial charge in [0.25, 0.3) is 0 Å². The molecule has 1 aromatic carbocycles. The molecular formula is C22H26N4O2. The van der Waals surface area contributed by atoms with Gasteiger partial charge in [0.2, 0.25) is 11.8 Å². The molecule has 28 heavy (non-hydrogen) atoms. The molecule has 1 aromatic heterocycles. The molecule has 2 aromatic rings. The maximum Gasteiger partial charge on any atom is 0.237 e. The molecule has 1 N–H and O–H groups in total. The third-order valence-electron chi connectivity index (χ3n) is 5.81. The molecule has 1 fully saturated rings. The lowest BCUT2D eigenvalue weighted by molar-refractivity contribution is -0.139. The molecule has 146 valence electrons. The topological polar surface area (TPSA) is 65.5 Å². The second-order valence-electron chi connectivity index (χ2n) is 7.69. The Morgan fingerprint density at radius 3 is 2.64 bits per heavy atom. The quantitative estimate of drug-likeness (QED) is 0.854. The first-order valence-electron chi connectivity index (χ1n) is 9.85. The van der Waals surface area contributed by atoms with Gasteiger partial charge in [-0.2, -0.15) is 0 Å². The van der Waals surface area contributed by atoms with Crippen molar-refractivity contribution >= 4 is 11.8 Å². The maximum atomic E-state index is 12.8. The van der Waals surface area contributed by atoms with Crippen molar-refractivity contribution < 1.29 is 9.59 Å². The molecule has 1 aliphatic carbocycles. The normalized spacial score (nSPS) is 19.9. The molecular weight excluding hydrogens is 352 g/mol. The Morgan fingerprint density at radius 2 is 1.96 bits per heavy atom. The molecule has 4 rings (SSSR count). The van der Waals surface area contributed by atoms with Crippen molar-refractivity contribution in [2.24, 2.45) is 0 Å². The second-order valence-corrected chi connectivity index (χ2v) is 7.69. The van der Waals surface area contributed by atoms with Crippen LogP contribution in [0.2, 0.25) is 0 Å². The van der Waals surface area contributed by atoms with E-state index in [2.05, 4.69) is 39.5 Å².